The van der Waals surface area contributed by atoms with Crippen LogP contribution in [0.3, 0.4) is 0 Å². The van der Waals surface area contributed by atoms with E-state index < -0.39 is 10.8 Å². The van der Waals surface area contributed by atoms with Gasteiger partial charge in [-0.2, -0.15) is 0 Å². The Labute approximate surface area is 110 Å². The van der Waals surface area contributed by atoms with E-state index in [0.717, 1.165) is 0 Å². The number of nitrogens with one attached hydrogen (secondary N) is 1. The largest absolute Gasteiger partial charge is 0.351 e. The average Bonchev–Trinajstić information content (AvgIpc) is 2.16. The van der Waals surface area contributed by atoms with E-state index in [0.29, 0.717) is 27.4 Å². The van der Waals surface area contributed by atoms with Gasteiger partial charge in [0.2, 0.25) is 0 Å². The topological polar surface area (TPSA) is 46.2 Å². The van der Waals surface area contributed by atoms with Gasteiger partial charge in [0.1, 0.15) is 0 Å². The van der Waals surface area contributed by atoms with E-state index in [2.05, 4.69) is 21.2 Å². The number of hydrogen-bond donors (Lipinski definition) is 1. The van der Waals surface area contributed by atoms with Crippen LogP contribution in [0.5, 0.6) is 0 Å². The fourth-order valence-electron chi connectivity index (χ4n) is 1.08. The van der Waals surface area contributed by atoms with Crippen molar-refractivity contribution in [2.45, 2.75) is 0 Å². The summed E-state index contributed by atoms with van der Waals surface area (Å²) in [5.74, 6) is 0.255. The van der Waals surface area contributed by atoms with Crippen LogP contribution in [0, 0.1) is 0 Å². The molecule has 3 nitrogen and oxygen atoms in total. The van der Waals surface area contributed by atoms with Crippen molar-refractivity contribution in [2.75, 3.05) is 18.6 Å². The smallest absolute Gasteiger partial charge is 0.252 e. The van der Waals surface area contributed by atoms with Crippen molar-refractivity contribution in [3.05, 3.63) is 33.3 Å². The summed E-state index contributed by atoms with van der Waals surface area (Å²) in [6.45, 7) is 0.400. The third kappa shape index (κ3) is 4.23. The van der Waals surface area contributed by atoms with E-state index >= 15 is 0 Å². The predicted octanol–water partition coefficient (Wildman–Crippen LogP) is 2.21. The van der Waals surface area contributed by atoms with Crippen molar-refractivity contribution in [2.24, 2.45) is 0 Å². The molecule has 1 rings (SSSR count). The molecule has 1 amide bonds. The van der Waals surface area contributed by atoms with Crippen LogP contribution in [-0.2, 0) is 10.8 Å². The predicted molar refractivity (Wildman–Crippen MR) is 70.4 cm³/mol. The van der Waals surface area contributed by atoms with Crippen molar-refractivity contribution < 1.29 is 9.00 Å². The SMILES string of the molecule is CS(=O)CCNC(=O)c1ccc(Cl)cc1Br. The van der Waals surface area contributed by atoms with E-state index in [-0.39, 0.29) is 5.91 Å². The number of carbonyl (C=O) groups excluding carboxylic acids is 1. The Morgan fingerprint density at radius 2 is 2.25 bits per heavy atom. The summed E-state index contributed by atoms with van der Waals surface area (Å²) in [6.07, 6.45) is 1.60. The minimum absolute atomic E-state index is 0.200. The molecule has 1 aromatic carbocycles. The molecule has 0 saturated heterocycles. The molecule has 0 aliphatic rings. The summed E-state index contributed by atoms with van der Waals surface area (Å²) < 4.78 is 11.5. The molecule has 6 heteroatoms. The van der Waals surface area contributed by atoms with Crippen LogP contribution >= 0.6 is 27.5 Å². The van der Waals surface area contributed by atoms with Crippen LogP contribution in [-0.4, -0.2) is 28.7 Å². The molecule has 0 aliphatic heterocycles. The summed E-state index contributed by atoms with van der Waals surface area (Å²) in [4.78, 5) is 11.7. The van der Waals surface area contributed by atoms with Crippen LogP contribution in [0.4, 0.5) is 0 Å². The summed E-state index contributed by atoms with van der Waals surface area (Å²) in [5, 5.41) is 3.25. The molecule has 0 saturated carbocycles. The summed E-state index contributed by atoms with van der Waals surface area (Å²) in [7, 11) is -0.895. The lowest BCUT2D eigenvalue weighted by atomic mass is 10.2. The monoisotopic (exact) mass is 323 g/mol. The lowest BCUT2D eigenvalue weighted by Gasteiger charge is -2.06. The first-order chi connectivity index (χ1) is 7.50. The Hall–Kier alpha value is -0.390. The van der Waals surface area contributed by atoms with Crippen molar-refractivity contribution in [3.63, 3.8) is 0 Å². The Bertz CT molecular complexity index is 425. The van der Waals surface area contributed by atoms with Gasteiger partial charge in [-0.05, 0) is 34.1 Å². The molecule has 0 heterocycles. The maximum absolute atomic E-state index is 11.7. The van der Waals surface area contributed by atoms with Crippen molar-refractivity contribution in [1.29, 1.82) is 0 Å². The van der Waals surface area contributed by atoms with Crippen LogP contribution in [0.25, 0.3) is 0 Å². The highest BCUT2D eigenvalue weighted by atomic mass is 79.9. The van der Waals surface area contributed by atoms with Gasteiger partial charge >= 0.3 is 0 Å². The third-order valence-electron chi connectivity index (χ3n) is 1.85. The standard InChI is InChI=1S/C10H11BrClNO2S/c1-16(15)5-4-13-10(14)8-3-2-7(12)6-9(8)11/h2-3,6H,4-5H2,1H3,(H,13,14). The minimum atomic E-state index is -0.895. The second-order valence-electron chi connectivity index (χ2n) is 3.16. The Morgan fingerprint density at radius 3 is 2.81 bits per heavy atom. The number of benzene rings is 1. The van der Waals surface area contributed by atoms with Gasteiger partial charge in [-0.15, -0.1) is 0 Å². The molecule has 1 unspecified atom stereocenters. The number of hydrogen-bond acceptors (Lipinski definition) is 2. The van der Waals surface area contributed by atoms with Gasteiger partial charge in [0.15, 0.2) is 0 Å². The number of rotatable bonds is 4. The van der Waals surface area contributed by atoms with Crippen LogP contribution in [0.15, 0.2) is 22.7 Å². The van der Waals surface area contributed by atoms with Gasteiger partial charge < -0.3 is 5.32 Å². The van der Waals surface area contributed by atoms with Crippen LogP contribution in [0.2, 0.25) is 5.02 Å². The molecule has 1 aromatic rings. The van der Waals surface area contributed by atoms with Crippen LogP contribution < -0.4 is 5.32 Å². The third-order valence-corrected chi connectivity index (χ3v) is 3.52. The average molecular weight is 325 g/mol. The van der Waals surface area contributed by atoms with Crippen molar-refractivity contribution >= 4 is 44.2 Å². The van der Waals surface area contributed by atoms with Gasteiger partial charge in [-0.25, -0.2) is 0 Å². The van der Waals surface area contributed by atoms with Gasteiger partial charge in [-0.3, -0.25) is 9.00 Å². The maximum Gasteiger partial charge on any atom is 0.252 e. The Kier molecular flexibility index (Phi) is 5.44. The van der Waals surface area contributed by atoms with E-state index in [1.54, 1.807) is 24.5 Å². The number of amides is 1. The molecule has 0 bridgehead atoms. The first-order valence-corrected chi connectivity index (χ1v) is 7.44. The Balaban J connectivity index is 2.63. The van der Waals surface area contributed by atoms with Crippen molar-refractivity contribution in [3.8, 4) is 0 Å². The molecule has 0 radical (unpaired) electrons. The number of carbonyl (C=O) groups is 1. The molecular weight excluding hydrogens is 314 g/mol. The molecule has 16 heavy (non-hydrogen) atoms. The zero-order valence-corrected chi connectivity index (χ0v) is 11.8. The maximum atomic E-state index is 11.7. The fourth-order valence-corrected chi connectivity index (χ4v) is 2.33. The molecule has 1 atom stereocenters. The van der Waals surface area contributed by atoms with Crippen molar-refractivity contribution in [1.82, 2.24) is 5.32 Å². The summed E-state index contributed by atoms with van der Waals surface area (Å²) in [5.41, 5.74) is 0.520. The lowest BCUT2D eigenvalue weighted by Crippen LogP contribution is -2.27. The molecule has 0 aromatic heterocycles. The van der Waals surface area contributed by atoms with Gasteiger partial charge in [-0.1, -0.05) is 11.6 Å². The van der Waals surface area contributed by atoms with Gasteiger partial charge in [0.25, 0.3) is 5.91 Å². The highest BCUT2D eigenvalue weighted by Gasteiger charge is 2.09. The molecule has 1 N–H and O–H groups in total. The molecule has 88 valence electrons. The quantitative estimate of drug-likeness (QED) is 0.923. The highest BCUT2D eigenvalue weighted by Crippen LogP contribution is 2.21. The lowest BCUT2D eigenvalue weighted by molar-refractivity contribution is 0.0955. The second kappa shape index (κ2) is 6.37. The molecule has 0 fully saturated rings. The first-order valence-electron chi connectivity index (χ1n) is 4.54. The van der Waals surface area contributed by atoms with E-state index in [9.17, 15) is 9.00 Å². The first kappa shape index (κ1) is 13.7. The van der Waals surface area contributed by atoms with Gasteiger partial charge in [0, 0.05) is 38.8 Å². The van der Waals surface area contributed by atoms with E-state index in [1.807, 2.05) is 0 Å². The second-order valence-corrected chi connectivity index (χ2v) is 6.00. The molecule has 0 spiro atoms. The van der Waals surface area contributed by atoms with Gasteiger partial charge in [0.05, 0.1) is 5.56 Å². The minimum Gasteiger partial charge on any atom is -0.351 e. The zero-order valence-electron chi connectivity index (χ0n) is 8.63. The fraction of sp³-hybridized carbons (Fsp3) is 0.300. The molecular formula is C10H11BrClNO2S. The summed E-state index contributed by atoms with van der Waals surface area (Å²) >= 11 is 9.03. The highest BCUT2D eigenvalue weighted by molar-refractivity contribution is 9.10. The molecule has 0 aliphatic carbocycles. The zero-order chi connectivity index (χ0) is 12.1. The van der Waals surface area contributed by atoms with E-state index in [1.165, 1.54) is 0 Å². The number of halogens is 2. The normalized spacial score (nSPS) is 12.2. The van der Waals surface area contributed by atoms with E-state index in [4.69, 9.17) is 11.6 Å². The van der Waals surface area contributed by atoms with Crippen LogP contribution in [0.1, 0.15) is 10.4 Å². The Morgan fingerprint density at radius 1 is 1.56 bits per heavy atom. The summed E-state index contributed by atoms with van der Waals surface area (Å²) in [6, 6.07) is 4.96.